The molecule has 0 aromatic rings. The van der Waals surface area contributed by atoms with Crippen LogP contribution in [0.3, 0.4) is 0 Å². The fourth-order valence-corrected chi connectivity index (χ4v) is 0.453. The Hall–Kier alpha value is -0.570. The van der Waals surface area contributed by atoms with Crippen molar-refractivity contribution in [3.63, 3.8) is 0 Å². The summed E-state index contributed by atoms with van der Waals surface area (Å²) in [5.74, 6) is 0.0394. The van der Waals surface area contributed by atoms with Crippen molar-refractivity contribution in [1.82, 2.24) is 5.32 Å². The molecule has 0 radical (unpaired) electrons. The van der Waals surface area contributed by atoms with Gasteiger partial charge in [-0.3, -0.25) is 4.79 Å². The van der Waals surface area contributed by atoms with Gasteiger partial charge in [-0.1, -0.05) is 0 Å². The summed E-state index contributed by atoms with van der Waals surface area (Å²) < 4.78 is 4.83. The lowest BCUT2D eigenvalue weighted by Crippen LogP contribution is -2.18. The highest BCUT2D eigenvalue weighted by Crippen LogP contribution is 1.64. The summed E-state index contributed by atoms with van der Waals surface area (Å²) in [5.41, 5.74) is 0. The molecule has 0 spiro atoms. The largest absolute Gasteiger partial charge is 0.382 e. The predicted octanol–water partition coefficient (Wildman–Crippen LogP) is 1.19. The van der Waals surface area contributed by atoms with Gasteiger partial charge in [0.2, 0.25) is 5.91 Å². The maximum atomic E-state index is 9.93. The molecule has 68 valence electrons. The molecule has 1 N–H and O–H groups in total. The Morgan fingerprint density at radius 1 is 1.27 bits per heavy atom. The number of rotatable bonds is 3. The Morgan fingerprint density at radius 3 is 1.73 bits per heavy atom. The first kappa shape index (κ1) is 13.1. The molecule has 0 aromatic heterocycles. The molecule has 0 aliphatic rings. The van der Waals surface area contributed by atoms with Crippen LogP contribution >= 0.6 is 0 Å². The Bertz CT molecular complexity index is 82.2. The van der Waals surface area contributed by atoms with Gasteiger partial charge in [0.15, 0.2) is 0 Å². The standard InChI is InChI=1S/C4H9NO.C4H10O/c1-3-5-4(2)6;1-3-5-4-2/h3H2,1-2H3,(H,5,6);3-4H2,1-2H3. The van der Waals surface area contributed by atoms with Gasteiger partial charge in [0.25, 0.3) is 0 Å². The molecule has 0 atom stereocenters. The van der Waals surface area contributed by atoms with Crippen LogP contribution in [0.5, 0.6) is 0 Å². The molecule has 0 aliphatic heterocycles. The Labute approximate surface area is 69.1 Å². The minimum Gasteiger partial charge on any atom is -0.382 e. The van der Waals surface area contributed by atoms with Crippen molar-refractivity contribution in [2.75, 3.05) is 19.8 Å². The van der Waals surface area contributed by atoms with Crippen LogP contribution in [-0.4, -0.2) is 25.7 Å². The van der Waals surface area contributed by atoms with E-state index in [9.17, 15) is 4.79 Å². The Kier molecular flexibility index (Phi) is 14.4. The number of amides is 1. The molecule has 11 heavy (non-hydrogen) atoms. The summed E-state index contributed by atoms with van der Waals surface area (Å²) in [6.07, 6.45) is 0. The first-order valence-electron chi connectivity index (χ1n) is 4.01. The van der Waals surface area contributed by atoms with E-state index in [2.05, 4.69) is 5.32 Å². The second-order valence-corrected chi connectivity index (χ2v) is 1.87. The van der Waals surface area contributed by atoms with E-state index in [1.54, 1.807) is 0 Å². The lowest BCUT2D eigenvalue weighted by Gasteiger charge is -1.88. The Morgan fingerprint density at radius 2 is 1.73 bits per heavy atom. The smallest absolute Gasteiger partial charge is 0.216 e. The van der Waals surface area contributed by atoms with Crippen molar-refractivity contribution in [2.45, 2.75) is 27.7 Å². The molecule has 3 heteroatoms. The van der Waals surface area contributed by atoms with Gasteiger partial charge in [-0.2, -0.15) is 0 Å². The van der Waals surface area contributed by atoms with Gasteiger partial charge < -0.3 is 10.1 Å². The van der Waals surface area contributed by atoms with Crippen LogP contribution in [0.15, 0.2) is 0 Å². The van der Waals surface area contributed by atoms with Crippen LogP contribution in [0.2, 0.25) is 0 Å². The van der Waals surface area contributed by atoms with Crippen molar-refractivity contribution in [1.29, 1.82) is 0 Å². The zero-order chi connectivity index (χ0) is 9.11. The molecule has 3 nitrogen and oxygen atoms in total. The molecular formula is C8H19NO2. The SMILES string of the molecule is CCNC(C)=O.CCOCC. The van der Waals surface area contributed by atoms with Crippen molar-refractivity contribution in [3.8, 4) is 0 Å². The highest BCUT2D eigenvalue weighted by atomic mass is 16.5. The van der Waals surface area contributed by atoms with Crippen molar-refractivity contribution in [2.24, 2.45) is 0 Å². The topological polar surface area (TPSA) is 38.3 Å². The van der Waals surface area contributed by atoms with Gasteiger partial charge in [-0.15, -0.1) is 0 Å². The van der Waals surface area contributed by atoms with Crippen LogP contribution in [0.1, 0.15) is 27.7 Å². The van der Waals surface area contributed by atoms with Gasteiger partial charge in [0, 0.05) is 26.7 Å². The predicted molar refractivity (Wildman–Crippen MR) is 46.5 cm³/mol. The lowest BCUT2D eigenvalue weighted by molar-refractivity contribution is -0.118. The van der Waals surface area contributed by atoms with Crippen LogP contribution in [0.25, 0.3) is 0 Å². The monoisotopic (exact) mass is 161 g/mol. The second kappa shape index (κ2) is 12.1. The van der Waals surface area contributed by atoms with Gasteiger partial charge in [-0.25, -0.2) is 0 Å². The molecule has 0 rings (SSSR count). The number of hydrogen-bond acceptors (Lipinski definition) is 2. The second-order valence-electron chi connectivity index (χ2n) is 1.87. The van der Waals surface area contributed by atoms with Gasteiger partial charge in [0.05, 0.1) is 0 Å². The van der Waals surface area contributed by atoms with Gasteiger partial charge in [-0.05, 0) is 20.8 Å². The number of hydrogen-bond donors (Lipinski definition) is 1. The van der Waals surface area contributed by atoms with E-state index in [0.29, 0.717) is 0 Å². The number of ether oxygens (including phenoxy) is 1. The molecule has 1 amide bonds. The summed E-state index contributed by atoms with van der Waals surface area (Å²) in [7, 11) is 0. The summed E-state index contributed by atoms with van der Waals surface area (Å²) >= 11 is 0. The summed E-state index contributed by atoms with van der Waals surface area (Å²) in [4.78, 5) is 9.93. The maximum Gasteiger partial charge on any atom is 0.216 e. The van der Waals surface area contributed by atoms with Crippen molar-refractivity contribution in [3.05, 3.63) is 0 Å². The zero-order valence-corrected chi connectivity index (χ0v) is 7.94. The third-order valence-corrected chi connectivity index (χ3v) is 0.834. The number of carbonyl (C=O) groups excluding carboxylic acids is 1. The van der Waals surface area contributed by atoms with E-state index in [1.807, 2.05) is 20.8 Å². The summed E-state index contributed by atoms with van der Waals surface area (Å²) in [5, 5.41) is 2.57. The molecule has 0 fully saturated rings. The number of carbonyl (C=O) groups is 1. The zero-order valence-electron chi connectivity index (χ0n) is 7.94. The van der Waals surface area contributed by atoms with Crippen molar-refractivity contribution < 1.29 is 9.53 Å². The Balaban J connectivity index is 0. The highest BCUT2D eigenvalue weighted by molar-refractivity contribution is 5.72. The van der Waals surface area contributed by atoms with E-state index >= 15 is 0 Å². The van der Waals surface area contributed by atoms with Crippen LogP contribution in [0, 0.1) is 0 Å². The minimum atomic E-state index is 0.0394. The molecule has 0 unspecified atom stereocenters. The van der Waals surface area contributed by atoms with Crippen LogP contribution in [-0.2, 0) is 9.53 Å². The third-order valence-electron chi connectivity index (χ3n) is 0.834. The highest BCUT2D eigenvalue weighted by Gasteiger charge is 1.78. The molecule has 0 bridgehead atoms. The molecule has 0 saturated carbocycles. The average molecular weight is 161 g/mol. The molecule has 0 aromatic carbocycles. The quantitative estimate of drug-likeness (QED) is 0.675. The fourth-order valence-electron chi connectivity index (χ4n) is 0.453. The maximum absolute atomic E-state index is 9.93. The molecule has 0 saturated heterocycles. The minimum absolute atomic E-state index is 0.0394. The lowest BCUT2D eigenvalue weighted by atomic mass is 10.6. The number of nitrogens with one attached hydrogen (secondary N) is 1. The molecular weight excluding hydrogens is 142 g/mol. The van der Waals surface area contributed by atoms with Crippen LogP contribution in [0.4, 0.5) is 0 Å². The van der Waals surface area contributed by atoms with Crippen molar-refractivity contribution >= 4 is 5.91 Å². The first-order chi connectivity index (χ1) is 5.18. The van der Waals surface area contributed by atoms with Crippen LogP contribution < -0.4 is 5.32 Å². The van der Waals surface area contributed by atoms with Gasteiger partial charge in [0.1, 0.15) is 0 Å². The summed E-state index contributed by atoms with van der Waals surface area (Å²) in [6, 6.07) is 0. The first-order valence-corrected chi connectivity index (χ1v) is 4.01. The normalized spacial score (nSPS) is 8.00. The average Bonchev–Trinajstić information content (AvgIpc) is 1.90. The van der Waals surface area contributed by atoms with E-state index in [0.717, 1.165) is 19.8 Å². The summed E-state index contributed by atoms with van der Waals surface area (Å²) in [6.45, 7) is 9.79. The molecule has 0 aliphatic carbocycles. The van der Waals surface area contributed by atoms with Gasteiger partial charge >= 0.3 is 0 Å². The fraction of sp³-hybridized carbons (Fsp3) is 0.875. The third kappa shape index (κ3) is 26.5. The van der Waals surface area contributed by atoms with E-state index in [1.165, 1.54) is 6.92 Å². The van der Waals surface area contributed by atoms with E-state index in [4.69, 9.17) is 4.74 Å². The molecule has 0 heterocycles. The van der Waals surface area contributed by atoms with E-state index in [-0.39, 0.29) is 5.91 Å². The van der Waals surface area contributed by atoms with E-state index < -0.39 is 0 Å².